The van der Waals surface area contributed by atoms with E-state index in [2.05, 4.69) is 11.9 Å². The summed E-state index contributed by atoms with van der Waals surface area (Å²) < 4.78 is 18.0. The smallest absolute Gasteiger partial charge is 0.307 e. The maximum Gasteiger partial charge on any atom is 0.307 e. The number of benzene rings is 3. The van der Waals surface area contributed by atoms with Gasteiger partial charge in [0.05, 0.1) is 18.1 Å². The van der Waals surface area contributed by atoms with Crippen molar-refractivity contribution in [1.82, 2.24) is 4.98 Å². The van der Waals surface area contributed by atoms with Crippen molar-refractivity contribution >= 4 is 11.3 Å². The molecule has 0 aliphatic carbocycles. The molecule has 176 valence electrons. The molecule has 0 fully saturated rings. The number of aromatic hydroxyl groups is 1. The Morgan fingerprint density at radius 3 is 2.29 bits per heavy atom. The number of para-hydroxylation sites is 1. The average molecular weight is 478 g/mol. The maximum absolute atomic E-state index is 11.4. The van der Waals surface area contributed by atoms with Gasteiger partial charge in [-0.2, -0.15) is 0 Å². The van der Waals surface area contributed by atoms with Gasteiger partial charge in [-0.3, -0.25) is 9.78 Å². The second-order valence-corrected chi connectivity index (χ2v) is 8.65. The summed E-state index contributed by atoms with van der Waals surface area (Å²) in [5.41, 5.74) is 1.83. The molecular formula is C27H27NO5S. The lowest BCUT2D eigenvalue weighted by atomic mass is 10.1. The highest BCUT2D eigenvalue weighted by Gasteiger charge is 2.12. The molecule has 4 rings (SSSR count). The van der Waals surface area contributed by atoms with Crippen LogP contribution in [-0.2, 0) is 6.42 Å². The molecule has 0 amide bonds. The lowest BCUT2D eigenvalue weighted by Gasteiger charge is -2.16. The van der Waals surface area contributed by atoms with Gasteiger partial charge in [-0.25, -0.2) is 0 Å². The first-order chi connectivity index (χ1) is 16.6. The first-order valence-corrected chi connectivity index (χ1v) is 12.1. The van der Waals surface area contributed by atoms with Gasteiger partial charge < -0.3 is 19.3 Å². The lowest BCUT2D eigenvalue weighted by molar-refractivity contribution is 0.245. The van der Waals surface area contributed by atoms with E-state index in [1.807, 2.05) is 72.8 Å². The second kappa shape index (κ2) is 11.4. The molecule has 6 nitrogen and oxygen atoms in total. The minimum atomic E-state index is -0.285. The van der Waals surface area contributed by atoms with Gasteiger partial charge in [-0.05, 0) is 60.5 Å². The number of rotatable bonds is 11. The second-order valence-electron chi connectivity index (χ2n) is 7.67. The first-order valence-electron chi connectivity index (χ1n) is 11.3. The highest BCUT2D eigenvalue weighted by atomic mass is 32.1. The largest absolute Gasteiger partial charge is 0.493 e. The monoisotopic (exact) mass is 477 g/mol. The van der Waals surface area contributed by atoms with Crippen LogP contribution in [0.5, 0.6) is 28.9 Å². The van der Waals surface area contributed by atoms with Gasteiger partial charge in [-0.1, -0.05) is 48.9 Å². The zero-order valence-corrected chi connectivity index (χ0v) is 19.8. The Labute approximate surface area is 202 Å². The van der Waals surface area contributed by atoms with Crippen LogP contribution >= 0.6 is 11.3 Å². The van der Waals surface area contributed by atoms with E-state index in [1.54, 1.807) is 0 Å². The van der Waals surface area contributed by atoms with E-state index in [0.29, 0.717) is 18.1 Å². The summed E-state index contributed by atoms with van der Waals surface area (Å²) in [6.07, 6.45) is 2.58. The van der Waals surface area contributed by atoms with Gasteiger partial charge in [0.2, 0.25) is 5.88 Å². The molecule has 1 heterocycles. The molecule has 0 unspecified atom stereocenters. The predicted molar refractivity (Wildman–Crippen MR) is 135 cm³/mol. The van der Waals surface area contributed by atoms with Crippen LogP contribution in [0.3, 0.4) is 0 Å². The zero-order chi connectivity index (χ0) is 23.8. The third-order valence-electron chi connectivity index (χ3n) is 5.12. The summed E-state index contributed by atoms with van der Waals surface area (Å²) in [4.78, 5) is 14.0. The SMILES string of the molecule is CCCc1c(OCCCOc2ccc(-c3sc(=O)[nH]c3O)cc2)cccc1Oc1ccccc1. The quantitative estimate of drug-likeness (QED) is 0.244. The summed E-state index contributed by atoms with van der Waals surface area (Å²) in [7, 11) is 0. The van der Waals surface area contributed by atoms with Gasteiger partial charge in [0, 0.05) is 12.0 Å². The van der Waals surface area contributed by atoms with Crippen molar-refractivity contribution in [1.29, 1.82) is 0 Å². The highest BCUT2D eigenvalue weighted by molar-refractivity contribution is 7.13. The number of thiazole rings is 1. The molecule has 4 aromatic rings. The number of ether oxygens (including phenoxy) is 3. The summed E-state index contributed by atoms with van der Waals surface area (Å²) in [6, 6.07) is 22.9. The van der Waals surface area contributed by atoms with E-state index < -0.39 is 0 Å². The number of hydrogen-bond donors (Lipinski definition) is 2. The summed E-state index contributed by atoms with van der Waals surface area (Å²) >= 11 is 0.974. The minimum Gasteiger partial charge on any atom is -0.493 e. The predicted octanol–water partition coefficient (Wildman–Crippen LogP) is 6.40. The molecule has 2 N–H and O–H groups in total. The summed E-state index contributed by atoms with van der Waals surface area (Å²) in [5, 5.41) is 9.79. The average Bonchev–Trinajstić information content (AvgIpc) is 3.19. The number of nitrogens with one attached hydrogen (secondary N) is 1. The maximum atomic E-state index is 11.4. The summed E-state index contributed by atoms with van der Waals surface area (Å²) in [6.45, 7) is 3.17. The Morgan fingerprint density at radius 2 is 1.59 bits per heavy atom. The molecule has 0 aliphatic heterocycles. The van der Waals surface area contributed by atoms with Crippen LogP contribution in [0.15, 0.2) is 77.6 Å². The summed E-state index contributed by atoms with van der Waals surface area (Å²) in [5.74, 6) is 3.07. The normalized spacial score (nSPS) is 10.7. The van der Waals surface area contributed by atoms with Gasteiger partial charge in [0.25, 0.3) is 0 Å². The Morgan fingerprint density at radius 1 is 0.853 bits per heavy atom. The Bertz CT molecular complexity index is 1250. The Kier molecular flexibility index (Phi) is 7.88. The number of H-pyrrole nitrogens is 1. The van der Waals surface area contributed by atoms with Gasteiger partial charge in [0.15, 0.2) is 0 Å². The van der Waals surface area contributed by atoms with Crippen LogP contribution in [0.4, 0.5) is 0 Å². The molecule has 0 radical (unpaired) electrons. The number of aromatic nitrogens is 1. The first kappa shape index (κ1) is 23.4. The molecule has 0 bridgehead atoms. The van der Waals surface area contributed by atoms with Crippen LogP contribution in [-0.4, -0.2) is 23.3 Å². The van der Waals surface area contributed by atoms with Crippen LogP contribution in [0.1, 0.15) is 25.3 Å². The molecule has 0 saturated heterocycles. The van der Waals surface area contributed by atoms with E-state index >= 15 is 0 Å². The van der Waals surface area contributed by atoms with Crippen LogP contribution < -0.4 is 19.1 Å². The molecular weight excluding hydrogens is 450 g/mol. The number of hydrogen-bond acceptors (Lipinski definition) is 6. The fourth-order valence-corrected chi connectivity index (χ4v) is 4.27. The van der Waals surface area contributed by atoms with E-state index in [9.17, 15) is 9.90 Å². The van der Waals surface area contributed by atoms with Crippen molar-refractivity contribution in [2.45, 2.75) is 26.2 Å². The van der Waals surface area contributed by atoms with Crippen LogP contribution in [0, 0.1) is 0 Å². The van der Waals surface area contributed by atoms with Crippen molar-refractivity contribution < 1.29 is 19.3 Å². The van der Waals surface area contributed by atoms with E-state index in [1.165, 1.54) is 0 Å². The Hall–Kier alpha value is -3.71. The zero-order valence-electron chi connectivity index (χ0n) is 19.0. The van der Waals surface area contributed by atoms with Crippen molar-refractivity contribution in [2.24, 2.45) is 0 Å². The van der Waals surface area contributed by atoms with Crippen LogP contribution in [0.2, 0.25) is 0 Å². The standard InChI is InChI=1S/C27H27NO5S/c1-2-8-22-23(11-6-12-24(22)33-21-9-4-3-5-10-21)32-18-7-17-31-20-15-13-19(14-16-20)25-26(29)28-27(30)34-25/h3-6,9-16,29H,2,7-8,17-18H2,1H3,(H,28,30). The van der Waals surface area contributed by atoms with Crippen molar-refractivity contribution in [3.63, 3.8) is 0 Å². The molecule has 0 atom stereocenters. The topological polar surface area (TPSA) is 80.8 Å². The minimum absolute atomic E-state index is 0.110. The molecule has 3 aromatic carbocycles. The van der Waals surface area contributed by atoms with E-state index in [4.69, 9.17) is 14.2 Å². The van der Waals surface area contributed by atoms with E-state index in [-0.39, 0.29) is 10.8 Å². The van der Waals surface area contributed by atoms with Gasteiger partial charge in [-0.15, -0.1) is 0 Å². The fraction of sp³-hybridized carbons (Fsp3) is 0.222. The van der Waals surface area contributed by atoms with Gasteiger partial charge in [0.1, 0.15) is 23.0 Å². The molecule has 0 spiro atoms. The van der Waals surface area contributed by atoms with Crippen molar-refractivity contribution in [3.05, 3.63) is 88.0 Å². The molecule has 0 saturated carbocycles. The molecule has 0 aliphatic rings. The molecule has 34 heavy (non-hydrogen) atoms. The molecule has 1 aromatic heterocycles. The van der Waals surface area contributed by atoms with Crippen molar-refractivity contribution in [3.8, 4) is 39.3 Å². The third kappa shape index (κ3) is 5.99. The number of aromatic amines is 1. The highest BCUT2D eigenvalue weighted by Crippen LogP contribution is 2.33. The molecule has 7 heteroatoms. The van der Waals surface area contributed by atoms with E-state index in [0.717, 1.165) is 64.7 Å². The lowest BCUT2D eigenvalue weighted by Crippen LogP contribution is -2.06. The third-order valence-corrected chi connectivity index (χ3v) is 6.04. The fourth-order valence-electron chi connectivity index (χ4n) is 3.54. The Balaban J connectivity index is 1.30. The van der Waals surface area contributed by atoms with Gasteiger partial charge >= 0.3 is 4.87 Å². The van der Waals surface area contributed by atoms with Crippen LogP contribution in [0.25, 0.3) is 10.4 Å². The van der Waals surface area contributed by atoms with Crippen molar-refractivity contribution in [2.75, 3.05) is 13.2 Å².